The van der Waals surface area contributed by atoms with Crippen molar-refractivity contribution in [1.29, 1.82) is 0 Å². The van der Waals surface area contributed by atoms with Crippen LogP contribution >= 0.6 is 11.6 Å². The van der Waals surface area contributed by atoms with Crippen molar-refractivity contribution in [1.82, 2.24) is 0 Å². The van der Waals surface area contributed by atoms with Crippen molar-refractivity contribution in [3.05, 3.63) is 64.7 Å². The molecule has 0 N–H and O–H groups in total. The zero-order valence-electron chi connectivity index (χ0n) is 11.2. The molecule has 0 unspecified atom stereocenters. The summed E-state index contributed by atoms with van der Waals surface area (Å²) in [6, 6.07) is 15.1. The molecule has 3 heteroatoms. The highest BCUT2D eigenvalue weighted by Gasteiger charge is 2.51. The molecule has 1 saturated carbocycles. The average molecular weight is 287 g/mol. The van der Waals surface area contributed by atoms with Crippen LogP contribution in [0.25, 0.3) is 0 Å². The maximum atomic E-state index is 12.9. The van der Waals surface area contributed by atoms with Gasteiger partial charge in [0.15, 0.2) is 5.78 Å². The first-order chi connectivity index (χ1) is 9.67. The van der Waals surface area contributed by atoms with Crippen LogP contribution in [0, 0.1) is 0 Å². The third-order valence-electron chi connectivity index (χ3n) is 3.92. The minimum atomic E-state index is -0.390. The van der Waals surface area contributed by atoms with Crippen LogP contribution in [0.2, 0.25) is 5.02 Å². The molecule has 2 aromatic rings. The monoisotopic (exact) mass is 286 g/mol. The molecule has 0 aliphatic heterocycles. The highest BCUT2D eigenvalue weighted by atomic mass is 35.5. The van der Waals surface area contributed by atoms with Gasteiger partial charge in [0, 0.05) is 5.02 Å². The van der Waals surface area contributed by atoms with Crippen molar-refractivity contribution >= 4 is 17.4 Å². The van der Waals surface area contributed by atoms with Crippen LogP contribution in [0.4, 0.5) is 0 Å². The molecule has 0 aromatic heterocycles. The SMILES string of the molecule is COc1ccc(Cl)cc1C(=O)C1(c2ccccc2)CC1. The molecule has 0 atom stereocenters. The molecule has 20 heavy (non-hydrogen) atoms. The number of ketones is 1. The first kappa shape index (κ1) is 13.2. The highest BCUT2D eigenvalue weighted by Crippen LogP contribution is 2.51. The number of Topliss-reactive ketones (excluding diaryl/α,β-unsaturated/α-hetero) is 1. The minimum Gasteiger partial charge on any atom is -0.496 e. The molecule has 1 aliphatic rings. The Hall–Kier alpha value is -1.80. The lowest BCUT2D eigenvalue weighted by molar-refractivity contribution is 0.0943. The first-order valence-electron chi connectivity index (χ1n) is 6.61. The molecule has 1 fully saturated rings. The highest BCUT2D eigenvalue weighted by molar-refractivity contribution is 6.31. The van der Waals surface area contributed by atoms with Crippen molar-refractivity contribution in [3.8, 4) is 5.75 Å². The molecule has 0 saturated heterocycles. The molecule has 0 bridgehead atoms. The van der Waals surface area contributed by atoms with Gasteiger partial charge < -0.3 is 4.74 Å². The normalized spacial score (nSPS) is 15.7. The van der Waals surface area contributed by atoms with Crippen LogP contribution in [0.15, 0.2) is 48.5 Å². The van der Waals surface area contributed by atoms with E-state index in [1.54, 1.807) is 25.3 Å². The second-order valence-corrected chi connectivity index (χ2v) is 5.56. The predicted octanol–water partition coefficient (Wildman–Crippen LogP) is 4.26. The third kappa shape index (κ3) is 2.10. The Balaban J connectivity index is 2.04. The maximum absolute atomic E-state index is 12.9. The van der Waals surface area contributed by atoms with Gasteiger partial charge in [0.05, 0.1) is 18.1 Å². The van der Waals surface area contributed by atoms with Crippen LogP contribution in [-0.2, 0) is 5.41 Å². The molecule has 2 aromatic carbocycles. The number of methoxy groups -OCH3 is 1. The summed E-state index contributed by atoms with van der Waals surface area (Å²) >= 11 is 6.03. The van der Waals surface area contributed by atoms with Crippen LogP contribution in [0.3, 0.4) is 0 Å². The summed E-state index contributed by atoms with van der Waals surface area (Å²) < 4.78 is 5.30. The fraction of sp³-hybridized carbons (Fsp3) is 0.235. The maximum Gasteiger partial charge on any atom is 0.177 e. The first-order valence-corrected chi connectivity index (χ1v) is 6.99. The number of hydrogen-bond donors (Lipinski definition) is 0. The minimum absolute atomic E-state index is 0.100. The topological polar surface area (TPSA) is 26.3 Å². The van der Waals surface area contributed by atoms with Gasteiger partial charge in [0.1, 0.15) is 5.75 Å². The van der Waals surface area contributed by atoms with E-state index in [2.05, 4.69) is 0 Å². The van der Waals surface area contributed by atoms with E-state index in [0.29, 0.717) is 16.3 Å². The van der Waals surface area contributed by atoms with Crippen LogP contribution < -0.4 is 4.74 Å². The largest absolute Gasteiger partial charge is 0.496 e. The number of carbonyl (C=O) groups excluding carboxylic acids is 1. The zero-order chi connectivity index (χ0) is 14.2. The molecule has 0 radical (unpaired) electrons. The molecule has 102 valence electrons. The Bertz CT molecular complexity index is 645. The van der Waals surface area contributed by atoms with Gasteiger partial charge in [0.25, 0.3) is 0 Å². The van der Waals surface area contributed by atoms with Crippen LogP contribution in [0.1, 0.15) is 28.8 Å². The molecular formula is C17H15ClO2. The van der Waals surface area contributed by atoms with Gasteiger partial charge in [-0.15, -0.1) is 0 Å². The standard InChI is InChI=1S/C17H15ClO2/c1-20-15-8-7-13(18)11-14(15)16(19)17(9-10-17)12-5-3-2-4-6-12/h2-8,11H,9-10H2,1H3. The Morgan fingerprint density at radius 2 is 1.85 bits per heavy atom. The summed E-state index contributed by atoms with van der Waals surface area (Å²) in [4.78, 5) is 12.9. The van der Waals surface area contributed by atoms with Crippen molar-refractivity contribution in [2.45, 2.75) is 18.3 Å². The fourth-order valence-electron chi connectivity index (χ4n) is 2.64. The van der Waals surface area contributed by atoms with E-state index in [9.17, 15) is 4.79 Å². The lowest BCUT2D eigenvalue weighted by Crippen LogP contribution is -2.21. The summed E-state index contributed by atoms with van der Waals surface area (Å²) in [6.07, 6.45) is 1.76. The number of carbonyl (C=O) groups is 1. The van der Waals surface area contributed by atoms with Crippen LogP contribution in [-0.4, -0.2) is 12.9 Å². The van der Waals surface area contributed by atoms with Gasteiger partial charge in [-0.25, -0.2) is 0 Å². The average Bonchev–Trinajstić information content (AvgIpc) is 3.29. The second kappa shape index (κ2) is 4.95. The quantitative estimate of drug-likeness (QED) is 0.785. The van der Waals surface area contributed by atoms with E-state index < -0.39 is 0 Å². The fourth-order valence-corrected chi connectivity index (χ4v) is 2.82. The summed E-state index contributed by atoms with van der Waals surface area (Å²) in [5, 5.41) is 0.554. The van der Waals surface area contributed by atoms with Gasteiger partial charge in [-0.05, 0) is 36.6 Å². The summed E-state index contributed by atoms with van der Waals surface area (Å²) in [5.41, 5.74) is 1.26. The zero-order valence-corrected chi connectivity index (χ0v) is 12.0. The molecule has 0 heterocycles. The predicted molar refractivity (Wildman–Crippen MR) is 79.7 cm³/mol. The number of ether oxygens (including phenoxy) is 1. The van der Waals surface area contributed by atoms with E-state index in [1.165, 1.54) is 0 Å². The van der Waals surface area contributed by atoms with Gasteiger partial charge in [0.2, 0.25) is 0 Å². The summed E-state index contributed by atoms with van der Waals surface area (Å²) in [6.45, 7) is 0. The van der Waals surface area contributed by atoms with Crippen molar-refractivity contribution in [2.24, 2.45) is 0 Å². The summed E-state index contributed by atoms with van der Waals surface area (Å²) in [7, 11) is 1.57. The number of hydrogen-bond acceptors (Lipinski definition) is 2. The third-order valence-corrected chi connectivity index (χ3v) is 4.15. The van der Waals surface area contributed by atoms with Crippen molar-refractivity contribution < 1.29 is 9.53 Å². The van der Waals surface area contributed by atoms with E-state index >= 15 is 0 Å². The van der Waals surface area contributed by atoms with Crippen molar-refractivity contribution in [2.75, 3.05) is 7.11 Å². The Kier molecular flexibility index (Phi) is 3.27. The second-order valence-electron chi connectivity index (χ2n) is 5.12. The lowest BCUT2D eigenvalue weighted by Gasteiger charge is -2.16. The lowest BCUT2D eigenvalue weighted by atomic mass is 9.87. The molecule has 3 rings (SSSR count). The molecule has 1 aliphatic carbocycles. The van der Waals surface area contributed by atoms with Gasteiger partial charge in [-0.2, -0.15) is 0 Å². The van der Waals surface area contributed by atoms with E-state index in [-0.39, 0.29) is 11.2 Å². The number of halogens is 1. The summed E-state index contributed by atoms with van der Waals surface area (Å²) in [5.74, 6) is 0.685. The van der Waals surface area contributed by atoms with Gasteiger partial charge in [-0.1, -0.05) is 41.9 Å². The van der Waals surface area contributed by atoms with E-state index in [4.69, 9.17) is 16.3 Å². The van der Waals surface area contributed by atoms with E-state index in [1.807, 2.05) is 30.3 Å². The Morgan fingerprint density at radius 3 is 2.45 bits per heavy atom. The van der Waals surface area contributed by atoms with Crippen molar-refractivity contribution in [3.63, 3.8) is 0 Å². The van der Waals surface area contributed by atoms with Gasteiger partial charge >= 0.3 is 0 Å². The van der Waals surface area contributed by atoms with Crippen LogP contribution in [0.5, 0.6) is 5.75 Å². The molecular weight excluding hydrogens is 272 g/mol. The smallest absolute Gasteiger partial charge is 0.177 e. The van der Waals surface area contributed by atoms with E-state index in [0.717, 1.165) is 18.4 Å². The Morgan fingerprint density at radius 1 is 1.15 bits per heavy atom. The molecule has 2 nitrogen and oxygen atoms in total. The molecule has 0 spiro atoms. The number of benzene rings is 2. The molecule has 0 amide bonds. The van der Waals surface area contributed by atoms with Gasteiger partial charge in [-0.3, -0.25) is 4.79 Å². The Labute approximate surface area is 123 Å². The number of rotatable bonds is 4.